The van der Waals surface area contributed by atoms with E-state index in [4.69, 9.17) is 15.9 Å². The predicted octanol–water partition coefficient (Wildman–Crippen LogP) is 2.62. The normalized spacial score (nSPS) is 10.7. The lowest BCUT2D eigenvalue weighted by molar-refractivity contribution is 0.621. The molecule has 4 heteroatoms. The van der Waals surface area contributed by atoms with Crippen LogP contribution in [0.2, 0.25) is 0 Å². The van der Waals surface area contributed by atoms with Crippen molar-refractivity contribution < 1.29 is 4.42 Å². The van der Waals surface area contributed by atoms with Crippen molar-refractivity contribution in [2.75, 3.05) is 11.5 Å². The summed E-state index contributed by atoms with van der Waals surface area (Å²) >= 11 is 0. The monoisotopic (exact) mass is 252 g/mol. The number of anilines is 2. The van der Waals surface area contributed by atoms with E-state index < -0.39 is 0 Å². The fraction of sp³-hybridized carbons (Fsp3) is 0. The van der Waals surface area contributed by atoms with Crippen LogP contribution in [0.25, 0.3) is 22.3 Å². The average molecular weight is 252 g/mol. The molecule has 0 aliphatic heterocycles. The average Bonchev–Trinajstić information content (AvgIpc) is 2.43. The van der Waals surface area contributed by atoms with Crippen molar-refractivity contribution in [3.63, 3.8) is 0 Å². The lowest BCUT2D eigenvalue weighted by atomic mass is 10.1. The summed E-state index contributed by atoms with van der Waals surface area (Å²) in [6.07, 6.45) is 0. The third-order valence-corrected chi connectivity index (χ3v) is 3.02. The van der Waals surface area contributed by atoms with Gasteiger partial charge >= 0.3 is 0 Å². The van der Waals surface area contributed by atoms with Crippen LogP contribution in [0.1, 0.15) is 0 Å². The van der Waals surface area contributed by atoms with Gasteiger partial charge in [-0.3, -0.25) is 4.79 Å². The molecule has 2 aromatic carbocycles. The molecule has 0 aliphatic carbocycles. The van der Waals surface area contributed by atoms with E-state index in [2.05, 4.69) is 0 Å². The molecule has 4 N–H and O–H groups in total. The number of nitrogen functional groups attached to an aromatic ring is 2. The van der Waals surface area contributed by atoms with Crippen molar-refractivity contribution >= 4 is 22.3 Å². The van der Waals surface area contributed by atoms with Gasteiger partial charge in [-0.1, -0.05) is 36.4 Å². The number of rotatable bonds is 1. The third-order valence-electron chi connectivity index (χ3n) is 3.02. The molecule has 0 amide bonds. The van der Waals surface area contributed by atoms with Crippen LogP contribution in [0.4, 0.5) is 11.4 Å². The van der Waals surface area contributed by atoms with Gasteiger partial charge in [-0.2, -0.15) is 0 Å². The Labute approximate surface area is 109 Å². The third kappa shape index (κ3) is 1.74. The molecule has 0 fully saturated rings. The smallest absolute Gasteiger partial charge is 0.218 e. The molecule has 19 heavy (non-hydrogen) atoms. The second kappa shape index (κ2) is 4.17. The highest BCUT2D eigenvalue weighted by Gasteiger charge is 2.14. The minimum Gasteiger partial charge on any atom is -0.454 e. The second-order valence-electron chi connectivity index (χ2n) is 4.26. The number of fused-ring (bicyclic) bond motifs is 1. The fourth-order valence-corrected chi connectivity index (χ4v) is 2.08. The van der Waals surface area contributed by atoms with Gasteiger partial charge in [0.2, 0.25) is 5.43 Å². The van der Waals surface area contributed by atoms with Crippen molar-refractivity contribution in [3.05, 3.63) is 58.8 Å². The summed E-state index contributed by atoms with van der Waals surface area (Å²) in [6.45, 7) is 0. The van der Waals surface area contributed by atoms with Gasteiger partial charge in [-0.15, -0.1) is 0 Å². The lowest BCUT2D eigenvalue weighted by Gasteiger charge is -2.07. The molecule has 3 rings (SSSR count). The highest BCUT2D eigenvalue weighted by Crippen LogP contribution is 2.28. The largest absolute Gasteiger partial charge is 0.454 e. The van der Waals surface area contributed by atoms with Gasteiger partial charge in [-0.25, -0.2) is 0 Å². The van der Waals surface area contributed by atoms with Crippen LogP contribution in [0.5, 0.6) is 0 Å². The van der Waals surface area contributed by atoms with E-state index in [1.54, 1.807) is 18.2 Å². The molecule has 4 nitrogen and oxygen atoms in total. The molecule has 1 heterocycles. The van der Waals surface area contributed by atoms with E-state index >= 15 is 0 Å². The van der Waals surface area contributed by atoms with Gasteiger partial charge in [0.25, 0.3) is 0 Å². The SMILES string of the molecule is Nc1c(-c2ccccc2)oc2cccc(N)c2c1=O. The van der Waals surface area contributed by atoms with Crippen LogP contribution in [0.3, 0.4) is 0 Å². The first-order chi connectivity index (χ1) is 9.18. The molecule has 0 unspecified atom stereocenters. The lowest BCUT2D eigenvalue weighted by Crippen LogP contribution is -2.11. The zero-order valence-electron chi connectivity index (χ0n) is 10.1. The minimum absolute atomic E-state index is 0.0802. The van der Waals surface area contributed by atoms with Gasteiger partial charge in [0, 0.05) is 11.3 Å². The summed E-state index contributed by atoms with van der Waals surface area (Å²) in [5.41, 5.74) is 13.1. The van der Waals surface area contributed by atoms with E-state index in [1.165, 1.54) is 0 Å². The zero-order chi connectivity index (χ0) is 13.4. The van der Waals surface area contributed by atoms with Crippen LogP contribution < -0.4 is 16.9 Å². The van der Waals surface area contributed by atoms with Crippen molar-refractivity contribution in [1.29, 1.82) is 0 Å². The highest BCUT2D eigenvalue weighted by atomic mass is 16.3. The van der Waals surface area contributed by atoms with E-state index in [0.29, 0.717) is 22.4 Å². The Morgan fingerprint density at radius 2 is 1.63 bits per heavy atom. The molecule has 1 aromatic heterocycles. The number of benzene rings is 2. The minimum atomic E-state index is -0.293. The number of nitrogens with two attached hydrogens (primary N) is 2. The van der Waals surface area contributed by atoms with Crippen molar-refractivity contribution in [2.45, 2.75) is 0 Å². The Bertz CT molecular complexity index is 807. The van der Waals surface area contributed by atoms with E-state index in [0.717, 1.165) is 5.56 Å². The molecule has 0 atom stereocenters. The molecule has 94 valence electrons. The van der Waals surface area contributed by atoms with Gasteiger partial charge < -0.3 is 15.9 Å². The van der Waals surface area contributed by atoms with Gasteiger partial charge in [0.05, 0.1) is 5.39 Å². The van der Waals surface area contributed by atoms with Crippen LogP contribution >= 0.6 is 0 Å². The Balaban J connectivity index is 2.41. The van der Waals surface area contributed by atoms with Gasteiger partial charge in [-0.05, 0) is 12.1 Å². The summed E-state index contributed by atoms with van der Waals surface area (Å²) in [6, 6.07) is 14.4. The standard InChI is InChI=1S/C15H12N2O2/c16-10-7-4-8-11-12(10)14(18)13(17)15(19-11)9-5-2-1-3-6-9/h1-8H,16-17H2. The Morgan fingerprint density at radius 3 is 2.37 bits per heavy atom. The summed E-state index contributed by atoms with van der Waals surface area (Å²) in [7, 11) is 0. The summed E-state index contributed by atoms with van der Waals surface area (Å²) < 4.78 is 5.74. The van der Waals surface area contributed by atoms with Crippen molar-refractivity contribution in [2.24, 2.45) is 0 Å². The number of hydrogen-bond donors (Lipinski definition) is 2. The maximum atomic E-state index is 12.3. The molecule has 0 aliphatic rings. The van der Waals surface area contributed by atoms with Gasteiger partial charge in [0.15, 0.2) is 5.76 Å². The first-order valence-corrected chi connectivity index (χ1v) is 5.84. The Morgan fingerprint density at radius 1 is 0.895 bits per heavy atom. The predicted molar refractivity (Wildman–Crippen MR) is 76.7 cm³/mol. The van der Waals surface area contributed by atoms with E-state index in [9.17, 15) is 4.79 Å². The van der Waals surface area contributed by atoms with Crippen LogP contribution in [-0.4, -0.2) is 0 Å². The Hall–Kier alpha value is -2.75. The second-order valence-corrected chi connectivity index (χ2v) is 4.26. The first kappa shape index (κ1) is 11.3. The van der Waals surface area contributed by atoms with Crippen molar-refractivity contribution in [1.82, 2.24) is 0 Å². The fourth-order valence-electron chi connectivity index (χ4n) is 2.08. The highest BCUT2D eigenvalue weighted by molar-refractivity contribution is 5.93. The number of hydrogen-bond acceptors (Lipinski definition) is 4. The first-order valence-electron chi connectivity index (χ1n) is 5.84. The van der Waals surface area contributed by atoms with E-state index in [-0.39, 0.29) is 11.1 Å². The topological polar surface area (TPSA) is 82.2 Å². The molecule has 0 bridgehead atoms. The zero-order valence-corrected chi connectivity index (χ0v) is 10.1. The molecule has 0 saturated heterocycles. The molecule has 0 spiro atoms. The van der Waals surface area contributed by atoms with Gasteiger partial charge in [0.1, 0.15) is 11.3 Å². The summed E-state index contributed by atoms with van der Waals surface area (Å²) in [5.74, 6) is 0.378. The van der Waals surface area contributed by atoms with Crippen LogP contribution in [0.15, 0.2) is 57.7 Å². The van der Waals surface area contributed by atoms with Crippen LogP contribution in [0, 0.1) is 0 Å². The molecular weight excluding hydrogens is 240 g/mol. The summed E-state index contributed by atoms with van der Waals surface area (Å²) in [4.78, 5) is 12.3. The van der Waals surface area contributed by atoms with E-state index in [1.807, 2.05) is 30.3 Å². The maximum absolute atomic E-state index is 12.3. The molecular formula is C15H12N2O2. The van der Waals surface area contributed by atoms with Crippen molar-refractivity contribution in [3.8, 4) is 11.3 Å². The summed E-state index contributed by atoms with van der Waals surface area (Å²) in [5, 5.41) is 0.333. The maximum Gasteiger partial charge on any atom is 0.218 e. The quantitative estimate of drug-likeness (QED) is 0.652. The Kier molecular flexibility index (Phi) is 2.49. The molecule has 3 aromatic rings. The molecule has 0 radical (unpaired) electrons. The van der Waals surface area contributed by atoms with Crippen LogP contribution in [-0.2, 0) is 0 Å². The molecule has 0 saturated carbocycles.